The summed E-state index contributed by atoms with van der Waals surface area (Å²) >= 11 is 1.87. The average molecular weight is 437 g/mol. The molecule has 1 aromatic carbocycles. The molecule has 2 unspecified atom stereocenters. The lowest BCUT2D eigenvalue weighted by Crippen LogP contribution is -2.44. The molecule has 3 aromatic rings. The zero-order chi connectivity index (χ0) is 21.5. The molecule has 0 spiro atoms. The first-order chi connectivity index (χ1) is 15.2. The lowest BCUT2D eigenvalue weighted by Gasteiger charge is -2.39. The molecule has 6 nitrogen and oxygen atoms in total. The van der Waals surface area contributed by atoms with E-state index in [0.717, 1.165) is 25.6 Å². The van der Waals surface area contributed by atoms with Gasteiger partial charge in [-0.3, -0.25) is 14.6 Å². The Kier molecular flexibility index (Phi) is 7.38. The zero-order valence-corrected chi connectivity index (χ0v) is 19.2. The third-order valence-corrected chi connectivity index (χ3v) is 6.90. The number of piperidine rings is 1. The lowest BCUT2D eigenvalue weighted by atomic mass is 9.88. The topological polar surface area (TPSA) is 57.5 Å². The van der Waals surface area contributed by atoms with Crippen LogP contribution in [0.1, 0.15) is 34.9 Å². The van der Waals surface area contributed by atoms with Crippen LogP contribution in [0.3, 0.4) is 0 Å². The summed E-state index contributed by atoms with van der Waals surface area (Å²) in [4.78, 5) is 8.41. The Labute approximate surface area is 189 Å². The molecular weight excluding hydrogens is 404 g/mol. The van der Waals surface area contributed by atoms with Crippen LogP contribution in [0.4, 0.5) is 0 Å². The summed E-state index contributed by atoms with van der Waals surface area (Å²) in [6, 6.07) is 15.5. The van der Waals surface area contributed by atoms with Crippen molar-refractivity contribution in [2.75, 3.05) is 27.2 Å². The molecule has 0 amide bonds. The van der Waals surface area contributed by atoms with Crippen LogP contribution >= 0.6 is 11.3 Å². The van der Waals surface area contributed by atoms with Crippen LogP contribution in [0.25, 0.3) is 0 Å². The minimum Gasteiger partial charge on any atom is -0.356 e. The number of nitrogens with zero attached hydrogens (tertiary/aromatic N) is 4. The Morgan fingerprint density at radius 1 is 1.19 bits per heavy atom. The standard InChI is InChI=1S/C24H32N6S/c1-25-24(26-16-19-7-3-8-20(15-19)18-30-13-6-11-28-30)27-17-21-9-4-12-29(2)23(21)22-10-5-14-31-22/h3,5-8,10-11,13-15,21,23H,4,9,12,16-18H2,1-2H3,(H2,25,26,27). The van der Waals surface area contributed by atoms with E-state index >= 15 is 0 Å². The summed E-state index contributed by atoms with van der Waals surface area (Å²) in [6.45, 7) is 3.62. The second-order valence-corrected chi connectivity index (χ2v) is 9.15. The zero-order valence-electron chi connectivity index (χ0n) is 18.4. The van der Waals surface area contributed by atoms with Crippen LogP contribution in [-0.4, -0.2) is 47.8 Å². The number of benzene rings is 1. The summed E-state index contributed by atoms with van der Waals surface area (Å²) < 4.78 is 1.94. The Morgan fingerprint density at radius 3 is 2.87 bits per heavy atom. The van der Waals surface area contributed by atoms with Gasteiger partial charge < -0.3 is 10.6 Å². The number of guanidine groups is 1. The molecular formula is C24H32N6S. The van der Waals surface area contributed by atoms with E-state index in [-0.39, 0.29) is 0 Å². The highest BCUT2D eigenvalue weighted by atomic mass is 32.1. The Hall–Kier alpha value is -2.64. The molecule has 0 saturated carbocycles. The fraction of sp³-hybridized carbons (Fsp3) is 0.417. The molecule has 3 heterocycles. The Balaban J connectivity index is 1.32. The van der Waals surface area contributed by atoms with Crippen LogP contribution in [0.2, 0.25) is 0 Å². The van der Waals surface area contributed by atoms with Crippen molar-refractivity contribution in [1.82, 2.24) is 25.3 Å². The predicted octanol–water partition coefficient (Wildman–Crippen LogP) is 3.74. The van der Waals surface area contributed by atoms with Crippen LogP contribution < -0.4 is 10.6 Å². The monoisotopic (exact) mass is 436 g/mol. The molecule has 2 aromatic heterocycles. The molecule has 7 heteroatoms. The molecule has 0 bridgehead atoms. The van der Waals surface area contributed by atoms with Gasteiger partial charge in [-0.1, -0.05) is 30.3 Å². The van der Waals surface area contributed by atoms with Gasteiger partial charge in [0, 0.05) is 43.4 Å². The van der Waals surface area contributed by atoms with Crippen LogP contribution in [-0.2, 0) is 13.1 Å². The number of aromatic nitrogens is 2. The number of hydrogen-bond donors (Lipinski definition) is 2. The van der Waals surface area contributed by atoms with Crippen LogP contribution in [0.5, 0.6) is 0 Å². The second kappa shape index (κ2) is 10.6. The van der Waals surface area contributed by atoms with E-state index < -0.39 is 0 Å². The van der Waals surface area contributed by atoms with E-state index in [1.165, 1.54) is 35.4 Å². The number of hydrogen-bond acceptors (Lipinski definition) is 4. The van der Waals surface area contributed by atoms with Crippen molar-refractivity contribution in [2.24, 2.45) is 10.9 Å². The van der Waals surface area contributed by atoms with Gasteiger partial charge in [0.05, 0.1) is 6.54 Å². The fourth-order valence-corrected chi connectivity index (χ4v) is 5.42. The minimum atomic E-state index is 0.485. The molecule has 1 saturated heterocycles. The maximum atomic E-state index is 4.45. The average Bonchev–Trinajstić information content (AvgIpc) is 3.49. The van der Waals surface area contributed by atoms with E-state index in [9.17, 15) is 0 Å². The van der Waals surface area contributed by atoms with Crippen molar-refractivity contribution in [3.05, 3.63) is 76.2 Å². The summed E-state index contributed by atoms with van der Waals surface area (Å²) in [6.07, 6.45) is 6.29. The SMILES string of the molecule is CN=C(NCc1cccc(Cn2cccn2)c1)NCC1CCCN(C)C1c1cccs1. The van der Waals surface area contributed by atoms with Crippen molar-refractivity contribution in [2.45, 2.75) is 32.0 Å². The van der Waals surface area contributed by atoms with E-state index in [1.807, 2.05) is 41.5 Å². The molecule has 1 aliphatic rings. The Bertz CT molecular complexity index is 950. The number of rotatable bonds is 7. The van der Waals surface area contributed by atoms with E-state index in [2.05, 4.69) is 74.5 Å². The fourth-order valence-electron chi connectivity index (χ4n) is 4.44. The highest BCUT2D eigenvalue weighted by Gasteiger charge is 2.31. The molecule has 4 rings (SSSR count). The van der Waals surface area contributed by atoms with Gasteiger partial charge >= 0.3 is 0 Å². The van der Waals surface area contributed by atoms with Crippen LogP contribution in [0.15, 0.2) is 65.2 Å². The number of likely N-dealkylation sites (tertiary alicyclic amines) is 1. The smallest absolute Gasteiger partial charge is 0.191 e. The molecule has 164 valence electrons. The van der Waals surface area contributed by atoms with Crippen molar-refractivity contribution < 1.29 is 0 Å². The summed E-state index contributed by atoms with van der Waals surface area (Å²) in [5.41, 5.74) is 2.48. The van der Waals surface area contributed by atoms with Gasteiger partial charge in [-0.25, -0.2) is 0 Å². The summed E-state index contributed by atoms with van der Waals surface area (Å²) in [7, 11) is 4.09. The first-order valence-corrected chi connectivity index (χ1v) is 11.8. The minimum absolute atomic E-state index is 0.485. The van der Waals surface area contributed by atoms with Crippen LogP contribution in [0, 0.1) is 5.92 Å². The van der Waals surface area contributed by atoms with Gasteiger partial charge in [0.1, 0.15) is 0 Å². The molecule has 31 heavy (non-hydrogen) atoms. The van der Waals surface area contributed by atoms with Crippen molar-refractivity contribution in [3.63, 3.8) is 0 Å². The van der Waals surface area contributed by atoms with Crippen molar-refractivity contribution in [3.8, 4) is 0 Å². The highest BCUT2D eigenvalue weighted by Crippen LogP contribution is 2.36. The molecule has 2 N–H and O–H groups in total. The maximum absolute atomic E-state index is 4.45. The third kappa shape index (κ3) is 5.74. The number of nitrogens with one attached hydrogen (secondary N) is 2. The van der Waals surface area contributed by atoms with Crippen molar-refractivity contribution in [1.29, 1.82) is 0 Å². The number of aliphatic imine (C=N–C) groups is 1. The maximum Gasteiger partial charge on any atom is 0.191 e. The molecule has 2 atom stereocenters. The first kappa shape index (κ1) is 21.6. The van der Waals surface area contributed by atoms with E-state index in [4.69, 9.17) is 0 Å². The van der Waals surface area contributed by atoms with Gasteiger partial charge in [0.2, 0.25) is 0 Å². The summed E-state index contributed by atoms with van der Waals surface area (Å²) in [5.74, 6) is 1.43. The summed E-state index contributed by atoms with van der Waals surface area (Å²) in [5, 5.41) is 13.5. The van der Waals surface area contributed by atoms with Gasteiger partial charge in [-0.05, 0) is 61.0 Å². The molecule has 1 fully saturated rings. The largest absolute Gasteiger partial charge is 0.356 e. The molecule has 0 aliphatic carbocycles. The van der Waals surface area contributed by atoms with Crippen molar-refractivity contribution >= 4 is 17.3 Å². The predicted molar refractivity (Wildman–Crippen MR) is 128 cm³/mol. The van der Waals surface area contributed by atoms with E-state index in [0.29, 0.717) is 12.0 Å². The first-order valence-electron chi connectivity index (χ1n) is 11.0. The lowest BCUT2D eigenvalue weighted by molar-refractivity contribution is 0.125. The van der Waals surface area contributed by atoms with Gasteiger partial charge in [0.25, 0.3) is 0 Å². The Morgan fingerprint density at radius 2 is 2.10 bits per heavy atom. The van der Waals surface area contributed by atoms with Gasteiger partial charge in [-0.2, -0.15) is 5.10 Å². The normalized spacial score (nSPS) is 20.0. The van der Waals surface area contributed by atoms with E-state index in [1.54, 1.807) is 0 Å². The molecule has 0 radical (unpaired) electrons. The number of thiophene rings is 1. The third-order valence-electron chi connectivity index (χ3n) is 5.95. The van der Waals surface area contributed by atoms with Gasteiger partial charge in [-0.15, -0.1) is 11.3 Å². The van der Waals surface area contributed by atoms with Gasteiger partial charge in [0.15, 0.2) is 5.96 Å². The highest BCUT2D eigenvalue weighted by molar-refractivity contribution is 7.10. The second-order valence-electron chi connectivity index (χ2n) is 8.17. The molecule has 1 aliphatic heterocycles. The quantitative estimate of drug-likeness (QED) is 0.438.